The van der Waals surface area contributed by atoms with Crippen molar-refractivity contribution in [1.29, 1.82) is 0 Å². The number of aromatic amines is 1. The Labute approximate surface area is 131 Å². The molecule has 0 saturated heterocycles. The molecule has 2 aromatic carbocycles. The number of halogens is 2. The van der Waals surface area contributed by atoms with Gasteiger partial charge in [-0.2, -0.15) is 0 Å². The summed E-state index contributed by atoms with van der Waals surface area (Å²) in [6, 6.07) is 12.6. The molecule has 0 unspecified atom stereocenters. The monoisotopic (exact) mass is 345 g/mol. The third-order valence-corrected chi connectivity index (χ3v) is 5.27. The molecule has 0 atom stereocenters. The molecule has 20 heavy (non-hydrogen) atoms. The van der Waals surface area contributed by atoms with E-state index in [0.717, 1.165) is 9.63 Å². The molecule has 1 N–H and O–H groups in total. The zero-order valence-corrected chi connectivity index (χ0v) is 13.6. The van der Waals surface area contributed by atoms with Crippen molar-refractivity contribution in [2.24, 2.45) is 0 Å². The predicted molar refractivity (Wildman–Crippen MR) is 88.6 cm³/mol. The second kappa shape index (κ2) is 3.90. The van der Waals surface area contributed by atoms with E-state index in [-0.39, 0.29) is 5.41 Å². The van der Waals surface area contributed by atoms with Crippen LogP contribution >= 0.6 is 27.5 Å². The van der Waals surface area contributed by atoms with Crippen LogP contribution in [0.5, 0.6) is 0 Å². The molecule has 3 aromatic rings. The average Bonchev–Trinajstić information content (AvgIpc) is 2.72. The molecule has 1 aliphatic rings. The fraction of sp³-hybridized carbons (Fsp3) is 0.176. The molecule has 0 amide bonds. The Bertz CT molecular complexity index is 861. The summed E-state index contributed by atoms with van der Waals surface area (Å²) in [6.07, 6.45) is 0. The largest absolute Gasteiger partial charge is 0.349 e. The first kappa shape index (κ1) is 12.5. The third kappa shape index (κ3) is 1.39. The molecule has 0 fully saturated rings. The van der Waals surface area contributed by atoms with Gasteiger partial charge in [0.2, 0.25) is 0 Å². The first-order chi connectivity index (χ1) is 9.51. The quantitative estimate of drug-likeness (QED) is 0.522. The van der Waals surface area contributed by atoms with Crippen molar-refractivity contribution in [2.45, 2.75) is 19.3 Å². The van der Waals surface area contributed by atoms with Crippen LogP contribution in [0.3, 0.4) is 0 Å². The lowest BCUT2D eigenvalue weighted by Gasteiger charge is -2.34. The Kier molecular flexibility index (Phi) is 2.43. The number of aromatic nitrogens is 1. The van der Waals surface area contributed by atoms with Crippen LogP contribution in [0.15, 0.2) is 41.0 Å². The fourth-order valence-corrected chi connectivity index (χ4v) is 4.53. The van der Waals surface area contributed by atoms with E-state index in [4.69, 9.17) is 11.6 Å². The van der Waals surface area contributed by atoms with E-state index >= 15 is 0 Å². The van der Waals surface area contributed by atoms with Crippen molar-refractivity contribution >= 4 is 38.4 Å². The Morgan fingerprint density at radius 2 is 1.85 bits per heavy atom. The summed E-state index contributed by atoms with van der Waals surface area (Å²) in [7, 11) is 0. The summed E-state index contributed by atoms with van der Waals surface area (Å²) >= 11 is 10.2. The van der Waals surface area contributed by atoms with E-state index in [9.17, 15) is 0 Å². The van der Waals surface area contributed by atoms with Crippen LogP contribution in [0.4, 0.5) is 0 Å². The van der Waals surface area contributed by atoms with Gasteiger partial charge in [-0.1, -0.05) is 49.7 Å². The van der Waals surface area contributed by atoms with Gasteiger partial charge < -0.3 is 4.98 Å². The highest BCUT2D eigenvalue weighted by molar-refractivity contribution is 9.10. The minimum Gasteiger partial charge on any atom is -0.349 e. The van der Waals surface area contributed by atoms with Gasteiger partial charge in [0.05, 0.1) is 4.60 Å². The second-order valence-corrected chi connectivity index (χ2v) is 7.03. The van der Waals surface area contributed by atoms with Crippen molar-refractivity contribution in [3.63, 3.8) is 0 Å². The van der Waals surface area contributed by atoms with E-state index in [1.165, 1.54) is 33.2 Å². The molecular formula is C17H13BrClN. The highest BCUT2D eigenvalue weighted by Crippen LogP contribution is 2.52. The van der Waals surface area contributed by atoms with Gasteiger partial charge in [0.25, 0.3) is 0 Å². The first-order valence-corrected chi connectivity index (χ1v) is 7.79. The smallest absolute Gasteiger partial charge is 0.0910 e. The number of hydrogen-bond donors (Lipinski definition) is 1. The molecule has 0 radical (unpaired) electrons. The Hall–Kier alpha value is -1.25. The van der Waals surface area contributed by atoms with Gasteiger partial charge in [0, 0.05) is 26.9 Å². The van der Waals surface area contributed by atoms with E-state index in [0.29, 0.717) is 0 Å². The van der Waals surface area contributed by atoms with E-state index in [1.54, 1.807) is 0 Å². The molecule has 0 aliphatic heterocycles. The number of hydrogen-bond acceptors (Lipinski definition) is 0. The van der Waals surface area contributed by atoms with Crippen molar-refractivity contribution in [3.8, 4) is 11.1 Å². The van der Waals surface area contributed by atoms with Gasteiger partial charge in [-0.15, -0.1) is 0 Å². The van der Waals surface area contributed by atoms with Crippen LogP contribution in [0, 0.1) is 0 Å². The Balaban J connectivity index is 2.30. The van der Waals surface area contributed by atoms with Crippen molar-refractivity contribution in [1.82, 2.24) is 4.98 Å². The van der Waals surface area contributed by atoms with Crippen LogP contribution in [0.1, 0.15) is 25.0 Å². The highest BCUT2D eigenvalue weighted by Gasteiger charge is 2.36. The van der Waals surface area contributed by atoms with E-state index in [2.05, 4.69) is 59.0 Å². The molecule has 1 aliphatic carbocycles. The van der Waals surface area contributed by atoms with Gasteiger partial charge in [0.15, 0.2) is 0 Å². The molecule has 0 saturated carbocycles. The maximum absolute atomic E-state index is 6.52. The lowest BCUT2D eigenvalue weighted by molar-refractivity contribution is 0.645. The Morgan fingerprint density at radius 3 is 2.65 bits per heavy atom. The molecule has 4 rings (SSSR count). The zero-order valence-electron chi connectivity index (χ0n) is 11.2. The SMILES string of the molecule is CC1(C)c2c(Cl)cccc2-c2c(Br)[nH]c3cccc1c23. The second-order valence-electron chi connectivity index (χ2n) is 5.83. The van der Waals surface area contributed by atoms with Crippen LogP contribution < -0.4 is 0 Å². The van der Waals surface area contributed by atoms with Gasteiger partial charge >= 0.3 is 0 Å². The van der Waals surface area contributed by atoms with E-state index < -0.39 is 0 Å². The minimum atomic E-state index is -0.0954. The van der Waals surface area contributed by atoms with Crippen LogP contribution in [0.2, 0.25) is 5.02 Å². The number of rotatable bonds is 0. The van der Waals surface area contributed by atoms with Crippen molar-refractivity contribution in [2.75, 3.05) is 0 Å². The predicted octanol–water partition coefficient (Wildman–Crippen LogP) is 5.89. The van der Waals surface area contributed by atoms with Crippen molar-refractivity contribution < 1.29 is 0 Å². The van der Waals surface area contributed by atoms with Gasteiger partial charge in [0.1, 0.15) is 0 Å². The lowest BCUT2D eigenvalue weighted by Crippen LogP contribution is -2.23. The summed E-state index contributed by atoms with van der Waals surface area (Å²) in [5.74, 6) is 0. The van der Waals surface area contributed by atoms with Gasteiger partial charge in [-0.25, -0.2) is 0 Å². The van der Waals surface area contributed by atoms with E-state index in [1.807, 2.05) is 12.1 Å². The molecule has 100 valence electrons. The minimum absolute atomic E-state index is 0.0954. The zero-order chi connectivity index (χ0) is 14.1. The number of nitrogens with one attached hydrogen (secondary N) is 1. The summed E-state index contributed by atoms with van der Waals surface area (Å²) in [5.41, 5.74) is 6.06. The summed E-state index contributed by atoms with van der Waals surface area (Å²) in [6.45, 7) is 4.49. The van der Waals surface area contributed by atoms with Gasteiger partial charge in [-0.3, -0.25) is 0 Å². The molecule has 0 spiro atoms. The third-order valence-electron chi connectivity index (χ3n) is 4.36. The molecule has 0 bridgehead atoms. The van der Waals surface area contributed by atoms with Crippen LogP contribution in [0.25, 0.3) is 22.0 Å². The Morgan fingerprint density at radius 1 is 1.10 bits per heavy atom. The van der Waals surface area contributed by atoms with Crippen LogP contribution in [-0.2, 0) is 5.41 Å². The molecule has 1 nitrogen and oxygen atoms in total. The molecule has 1 aromatic heterocycles. The molecule has 3 heteroatoms. The van der Waals surface area contributed by atoms with Crippen LogP contribution in [-0.4, -0.2) is 4.98 Å². The number of benzene rings is 2. The molecule has 1 heterocycles. The topological polar surface area (TPSA) is 15.8 Å². The van der Waals surface area contributed by atoms with Gasteiger partial charge in [-0.05, 0) is 44.8 Å². The normalized spacial score (nSPS) is 15.4. The van der Waals surface area contributed by atoms with Crippen molar-refractivity contribution in [3.05, 3.63) is 57.2 Å². The maximum Gasteiger partial charge on any atom is 0.0910 e. The summed E-state index contributed by atoms with van der Waals surface area (Å²) in [4.78, 5) is 3.43. The number of H-pyrrole nitrogens is 1. The summed E-state index contributed by atoms with van der Waals surface area (Å²) < 4.78 is 1.03. The lowest BCUT2D eigenvalue weighted by atomic mass is 9.70. The number of fused-ring (bicyclic) bond motifs is 2. The maximum atomic E-state index is 6.52. The summed E-state index contributed by atoms with van der Waals surface area (Å²) in [5, 5.41) is 2.14. The average molecular weight is 347 g/mol. The fourth-order valence-electron chi connectivity index (χ4n) is 3.49. The highest BCUT2D eigenvalue weighted by atomic mass is 79.9. The molecular weight excluding hydrogens is 334 g/mol. The first-order valence-electron chi connectivity index (χ1n) is 6.62. The standard InChI is InChI=1S/C17H13BrClN/c1-17(2)10-6-4-8-12-14(10)13(16(18)20-12)9-5-3-7-11(19)15(9)17/h3-8,20H,1-2H3.